The van der Waals surface area contributed by atoms with Crippen LogP contribution in [-0.2, 0) is 9.63 Å². The molecule has 9 nitrogen and oxygen atoms in total. The number of methoxy groups -OCH3 is 1. The largest absolute Gasteiger partial charge is 0.497 e. The van der Waals surface area contributed by atoms with Crippen molar-refractivity contribution in [2.75, 3.05) is 13.7 Å². The molecule has 0 saturated heterocycles. The van der Waals surface area contributed by atoms with Gasteiger partial charge in [0.1, 0.15) is 11.5 Å². The zero-order valence-corrected chi connectivity index (χ0v) is 18.2. The Bertz CT molecular complexity index is 1240. The van der Waals surface area contributed by atoms with Crippen LogP contribution < -0.4 is 14.2 Å². The molecule has 0 fully saturated rings. The summed E-state index contributed by atoms with van der Waals surface area (Å²) in [6.07, 6.45) is 3.10. The summed E-state index contributed by atoms with van der Waals surface area (Å²) in [4.78, 5) is 34.5. The molecule has 2 aromatic carbocycles. The number of fused-ring (bicyclic) bond motifs is 1. The number of nitrogens with zero attached hydrogens (tertiary/aromatic N) is 2. The molecule has 4 rings (SSSR count). The number of allylic oxidation sites excluding steroid dienone is 1. The van der Waals surface area contributed by atoms with Crippen molar-refractivity contribution in [1.29, 1.82) is 5.41 Å². The first-order valence-electron chi connectivity index (χ1n) is 10.1. The Morgan fingerprint density at radius 2 is 2.03 bits per heavy atom. The smallest absolute Gasteiger partial charge is 0.343 e. The van der Waals surface area contributed by atoms with Crippen molar-refractivity contribution in [1.82, 2.24) is 5.06 Å². The fraction of sp³-hybridized carbons (Fsp3) is 0.167. The number of hydroxylamine groups is 2. The summed E-state index contributed by atoms with van der Waals surface area (Å²) in [6.45, 7) is 3.84. The van der Waals surface area contributed by atoms with Crippen LogP contribution >= 0.6 is 0 Å². The van der Waals surface area contributed by atoms with Gasteiger partial charge in [0, 0.05) is 6.08 Å². The van der Waals surface area contributed by atoms with E-state index in [9.17, 15) is 9.59 Å². The number of amides is 1. The predicted molar refractivity (Wildman–Crippen MR) is 120 cm³/mol. The maximum absolute atomic E-state index is 12.6. The number of hydrogen-bond acceptors (Lipinski definition) is 7. The van der Waals surface area contributed by atoms with E-state index in [2.05, 4.69) is 4.99 Å². The average Bonchev–Trinajstić information content (AvgIpc) is 3.18. The molecule has 0 aromatic heterocycles. The second-order valence-corrected chi connectivity index (χ2v) is 7.08. The molecule has 1 amide bonds. The van der Waals surface area contributed by atoms with Crippen molar-refractivity contribution in [2.24, 2.45) is 4.99 Å². The molecule has 0 unspecified atom stereocenters. The van der Waals surface area contributed by atoms with Crippen molar-refractivity contribution in [3.63, 3.8) is 0 Å². The van der Waals surface area contributed by atoms with Gasteiger partial charge in [-0.25, -0.2) is 4.79 Å². The number of rotatable bonds is 6. The van der Waals surface area contributed by atoms with Gasteiger partial charge in [-0.3, -0.25) is 10.2 Å². The second kappa shape index (κ2) is 8.99. The van der Waals surface area contributed by atoms with Gasteiger partial charge in [-0.2, -0.15) is 4.99 Å². The molecule has 0 radical (unpaired) electrons. The van der Waals surface area contributed by atoms with E-state index in [4.69, 9.17) is 24.5 Å². The Balaban J connectivity index is 1.60. The van der Waals surface area contributed by atoms with Crippen molar-refractivity contribution < 1.29 is 28.6 Å². The van der Waals surface area contributed by atoms with Crippen LogP contribution in [-0.4, -0.2) is 42.3 Å². The Morgan fingerprint density at radius 1 is 1.21 bits per heavy atom. The molecule has 0 spiro atoms. The highest BCUT2D eigenvalue weighted by atomic mass is 16.7. The number of nitrogens with one attached hydrogen (secondary N) is 1. The van der Waals surface area contributed by atoms with Crippen LogP contribution in [0, 0.1) is 5.41 Å². The van der Waals surface area contributed by atoms with Crippen molar-refractivity contribution >= 4 is 29.6 Å². The minimum Gasteiger partial charge on any atom is -0.497 e. The standard InChI is InChI=1S/C24H21N3O6/c1-4-31-20-12-15(11-18-22(25)27-21(26-23(18)28)10-14(2)33-27)8-9-19(20)32-24(29)16-6-5-7-17(13-16)30-3/h5-13,25H,4H2,1-3H3/b18-11-,25-22?. The van der Waals surface area contributed by atoms with Crippen LogP contribution in [0.4, 0.5) is 0 Å². The van der Waals surface area contributed by atoms with Gasteiger partial charge >= 0.3 is 5.97 Å². The molecular weight excluding hydrogens is 426 g/mol. The van der Waals surface area contributed by atoms with Gasteiger partial charge < -0.3 is 19.0 Å². The molecule has 168 valence electrons. The highest BCUT2D eigenvalue weighted by Gasteiger charge is 2.34. The molecule has 0 atom stereocenters. The Hall–Kier alpha value is -4.40. The van der Waals surface area contributed by atoms with Crippen LogP contribution in [0.15, 0.2) is 64.9 Å². The van der Waals surface area contributed by atoms with Crippen LogP contribution in [0.2, 0.25) is 0 Å². The van der Waals surface area contributed by atoms with E-state index in [0.717, 1.165) is 0 Å². The van der Waals surface area contributed by atoms with Gasteiger partial charge in [-0.15, -0.1) is 5.06 Å². The fourth-order valence-corrected chi connectivity index (χ4v) is 3.24. The minimum atomic E-state index is -0.568. The quantitative estimate of drug-likeness (QED) is 0.408. The van der Waals surface area contributed by atoms with Crippen molar-refractivity contribution in [3.05, 3.63) is 71.0 Å². The molecule has 2 heterocycles. The lowest BCUT2D eigenvalue weighted by molar-refractivity contribution is -0.114. The van der Waals surface area contributed by atoms with Gasteiger partial charge in [0.15, 0.2) is 23.2 Å². The first kappa shape index (κ1) is 21.8. The van der Waals surface area contributed by atoms with E-state index in [1.54, 1.807) is 62.4 Å². The third kappa shape index (κ3) is 4.47. The van der Waals surface area contributed by atoms with Gasteiger partial charge in [-0.1, -0.05) is 12.1 Å². The van der Waals surface area contributed by atoms with E-state index >= 15 is 0 Å². The molecule has 1 N–H and O–H groups in total. The number of ether oxygens (including phenoxy) is 3. The number of esters is 1. The predicted octanol–water partition coefficient (Wildman–Crippen LogP) is 3.76. The maximum Gasteiger partial charge on any atom is 0.343 e. The van der Waals surface area contributed by atoms with E-state index in [1.165, 1.54) is 18.2 Å². The molecular formula is C24H21N3O6. The van der Waals surface area contributed by atoms with Crippen LogP contribution in [0.5, 0.6) is 17.2 Å². The van der Waals surface area contributed by atoms with Gasteiger partial charge in [0.25, 0.3) is 5.91 Å². The highest BCUT2D eigenvalue weighted by molar-refractivity contribution is 6.32. The topological polar surface area (TPSA) is 111 Å². The molecule has 0 bridgehead atoms. The zero-order valence-electron chi connectivity index (χ0n) is 18.2. The van der Waals surface area contributed by atoms with E-state index in [1.807, 2.05) is 0 Å². The number of amidine groups is 2. The number of hydrogen-bond donors (Lipinski definition) is 1. The second-order valence-electron chi connectivity index (χ2n) is 7.08. The van der Waals surface area contributed by atoms with Crippen LogP contribution in [0.25, 0.3) is 6.08 Å². The van der Waals surface area contributed by atoms with E-state index in [0.29, 0.717) is 35.0 Å². The number of carbonyl (C=O) groups excluding carboxylic acids is 2. The summed E-state index contributed by atoms with van der Waals surface area (Å²) in [5, 5.41) is 9.52. The van der Waals surface area contributed by atoms with Crippen molar-refractivity contribution in [2.45, 2.75) is 13.8 Å². The summed E-state index contributed by atoms with van der Waals surface area (Å²) in [5.41, 5.74) is 0.952. The number of benzene rings is 2. The summed E-state index contributed by atoms with van der Waals surface area (Å²) >= 11 is 0. The molecule has 2 aliphatic heterocycles. The highest BCUT2D eigenvalue weighted by Crippen LogP contribution is 2.31. The molecule has 9 heteroatoms. The van der Waals surface area contributed by atoms with Crippen LogP contribution in [0.1, 0.15) is 29.8 Å². The van der Waals surface area contributed by atoms with Gasteiger partial charge in [-0.05, 0) is 55.8 Å². The lowest BCUT2D eigenvalue weighted by Gasteiger charge is -2.23. The van der Waals surface area contributed by atoms with E-state index < -0.39 is 11.9 Å². The summed E-state index contributed by atoms with van der Waals surface area (Å²) in [7, 11) is 1.52. The normalized spacial score (nSPS) is 16.1. The molecule has 2 aromatic rings. The fourth-order valence-electron chi connectivity index (χ4n) is 3.24. The number of aliphatic imine (C=N–C) groups is 1. The molecule has 0 saturated carbocycles. The maximum atomic E-state index is 12.6. The minimum absolute atomic E-state index is 0.0606. The lowest BCUT2D eigenvalue weighted by atomic mass is 10.1. The van der Waals surface area contributed by atoms with Gasteiger partial charge in [0.2, 0.25) is 0 Å². The molecule has 0 aliphatic carbocycles. The lowest BCUT2D eigenvalue weighted by Crippen LogP contribution is -2.38. The van der Waals surface area contributed by atoms with Crippen LogP contribution in [0.3, 0.4) is 0 Å². The summed E-state index contributed by atoms with van der Waals surface area (Å²) in [5.74, 6) is 0.645. The Morgan fingerprint density at radius 3 is 2.79 bits per heavy atom. The monoisotopic (exact) mass is 447 g/mol. The van der Waals surface area contributed by atoms with E-state index in [-0.39, 0.29) is 23.0 Å². The van der Waals surface area contributed by atoms with Gasteiger partial charge in [0.05, 0.1) is 24.9 Å². The molecule has 2 aliphatic rings. The molecule has 33 heavy (non-hydrogen) atoms. The summed E-state index contributed by atoms with van der Waals surface area (Å²) in [6, 6.07) is 11.5. The third-order valence-electron chi connectivity index (χ3n) is 4.77. The average molecular weight is 447 g/mol. The first-order chi connectivity index (χ1) is 15.9. The SMILES string of the molecule is CCOc1cc(/C=C2/C(=N)N3OC(C)=CC3=NC2=O)ccc1OC(=O)c1cccc(OC)c1. The Kier molecular flexibility index (Phi) is 5.95. The first-order valence-corrected chi connectivity index (χ1v) is 10.1. The summed E-state index contributed by atoms with van der Waals surface area (Å²) < 4.78 is 16.3. The third-order valence-corrected chi connectivity index (χ3v) is 4.77. The zero-order chi connectivity index (χ0) is 23.5. The van der Waals surface area contributed by atoms with Crippen molar-refractivity contribution in [3.8, 4) is 17.2 Å². The Labute approximate surface area is 190 Å². The number of carbonyl (C=O) groups is 2.